The summed E-state index contributed by atoms with van der Waals surface area (Å²) in [5.41, 5.74) is -2.41. The molecule has 1 fully saturated rings. The van der Waals surface area contributed by atoms with Crippen LogP contribution in [0.25, 0.3) is 0 Å². The molecule has 3 aliphatic rings. The van der Waals surface area contributed by atoms with Crippen molar-refractivity contribution in [3.05, 3.63) is 92.9 Å². The topological polar surface area (TPSA) is 117 Å². The van der Waals surface area contributed by atoms with Crippen LogP contribution in [0.2, 0.25) is 0 Å². The minimum absolute atomic E-state index is 0.0600. The number of rotatable bonds is 4. The summed E-state index contributed by atoms with van der Waals surface area (Å²) in [6, 6.07) is 10.3. The first-order valence-corrected chi connectivity index (χ1v) is 15.9. The average Bonchev–Trinajstić information content (AvgIpc) is 3.17. The highest BCUT2D eigenvalue weighted by Gasteiger charge is 2.47. The van der Waals surface area contributed by atoms with Crippen molar-refractivity contribution in [2.45, 2.75) is 68.7 Å². The molecular weight excluding hydrogens is 636 g/mol. The number of hydrogen-bond donors (Lipinski definition) is 0. The summed E-state index contributed by atoms with van der Waals surface area (Å²) in [5, 5.41) is 1.75. The molecule has 1 unspecified atom stereocenters. The van der Waals surface area contributed by atoms with Gasteiger partial charge in [0.2, 0.25) is 16.8 Å². The smallest absolute Gasteiger partial charge is 0.457 e. The largest absolute Gasteiger partial charge is 0.515 e. The number of nitrogens with zero attached hydrogens (tertiary/aromatic N) is 3. The number of morpholine rings is 1. The van der Waals surface area contributed by atoms with E-state index in [1.165, 1.54) is 47.4 Å². The van der Waals surface area contributed by atoms with E-state index >= 15 is 4.39 Å². The Kier molecular flexibility index (Phi) is 8.29. The van der Waals surface area contributed by atoms with Crippen LogP contribution < -0.4 is 15.2 Å². The van der Waals surface area contributed by atoms with Crippen molar-refractivity contribution >= 4 is 29.8 Å². The van der Waals surface area contributed by atoms with Crippen molar-refractivity contribution in [1.82, 2.24) is 9.58 Å². The van der Waals surface area contributed by atoms with Gasteiger partial charge in [0.25, 0.3) is 5.91 Å². The maximum atomic E-state index is 15.4. The molecule has 47 heavy (non-hydrogen) atoms. The highest BCUT2D eigenvalue weighted by Crippen LogP contribution is 2.45. The number of amides is 1. The molecule has 3 aliphatic heterocycles. The minimum Gasteiger partial charge on any atom is -0.457 e. The summed E-state index contributed by atoms with van der Waals surface area (Å²) in [4.78, 5) is 55.5. The number of thioether (sulfide) groups is 1. The number of carbonyl (C=O) groups is 3. The highest BCUT2D eigenvalue weighted by molar-refractivity contribution is 7.98. The number of hydrogen-bond acceptors (Lipinski definition) is 10. The Balaban J connectivity index is 1.49. The number of carbonyl (C=O) groups excluding carboxylic acids is 3. The van der Waals surface area contributed by atoms with Gasteiger partial charge < -0.3 is 23.8 Å². The van der Waals surface area contributed by atoms with E-state index < -0.39 is 64.3 Å². The Morgan fingerprint density at radius 3 is 2.47 bits per heavy atom. The standard InChI is InChI=1S/C33H33F2N3O8S/c1-32(2,3)45-30(41)33(4,5)46-31(42)44-28-22(39)12-13-37-27(28)29(40)36-14-15-43-16-24(36)38(37)26-18-10-11-21(34)25(35)20(18)17-47-23-9-7-6-8-19(23)26/h6-13,24,26H,14-17H2,1-5H3/t24?,26-/m0/s1. The van der Waals surface area contributed by atoms with Crippen LogP contribution in [0.1, 0.15) is 67.8 Å². The summed E-state index contributed by atoms with van der Waals surface area (Å²) in [6.07, 6.45) is -0.793. The number of pyridine rings is 1. The molecule has 6 rings (SSSR count). The van der Waals surface area contributed by atoms with Gasteiger partial charge in [-0.25, -0.2) is 18.4 Å². The van der Waals surface area contributed by atoms with E-state index in [0.717, 1.165) is 22.6 Å². The van der Waals surface area contributed by atoms with Crippen LogP contribution in [0.4, 0.5) is 13.6 Å². The van der Waals surface area contributed by atoms with Gasteiger partial charge in [-0.3, -0.25) is 19.3 Å². The lowest BCUT2D eigenvalue weighted by Gasteiger charge is -2.51. The summed E-state index contributed by atoms with van der Waals surface area (Å²) >= 11 is 1.35. The SMILES string of the molecule is CC(C)(C)OC(=O)C(C)(C)OC(=O)Oc1c2n(ccc1=O)N([C@@H]1c3ccccc3SCc3c1ccc(F)c3F)C1COCCN1C2=O. The fraction of sp³-hybridized carbons (Fsp3) is 0.394. The molecule has 0 N–H and O–H groups in total. The normalized spacial score (nSPS) is 19.1. The lowest BCUT2D eigenvalue weighted by molar-refractivity contribution is -0.174. The van der Waals surface area contributed by atoms with Gasteiger partial charge in [-0.15, -0.1) is 11.8 Å². The van der Waals surface area contributed by atoms with Crippen LogP contribution in [0.5, 0.6) is 5.75 Å². The molecule has 0 aliphatic carbocycles. The van der Waals surface area contributed by atoms with E-state index in [9.17, 15) is 23.6 Å². The van der Waals surface area contributed by atoms with Crippen LogP contribution in [-0.2, 0) is 24.8 Å². The fourth-order valence-corrected chi connectivity index (χ4v) is 6.94. The molecule has 2 atom stereocenters. The van der Waals surface area contributed by atoms with Crippen LogP contribution in [0.3, 0.4) is 0 Å². The van der Waals surface area contributed by atoms with Crippen LogP contribution >= 0.6 is 11.8 Å². The number of aromatic nitrogens is 1. The van der Waals surface area contributed by atoms with E-state index in [1.807, 2.05) is 24.3 Å². The van der Waals surface area contributed by atoms with Gasteiger partial charge in [0.05, 0.1) is 19.3 Å². The molecule has 14 heteroatoms. The van der Waals surface area contributed by atoms with Gasteiger partial charge in [-0.1, -0.05) is 24.3 Å². The second-order valence-corrected chi connectivity index (χ2v) is 13.8. The Morgan fingerprint density at radius 1 is 0.979 bits per heavy atom. The molecule has 0 bridgehead atoms. The van der Waals surface area contributed by atoms with E-state index in [0.29, 0.717) is 5.56 Å². The predicted octanol–water partition coefficient (Wildman–Crippen LogP) is 4.91. The quantitative estimate of drug-likeness (QED) is 0.355. The van der Waals surface area contributed by atoms with Gasteiger partial charge in [0, 0.05) is 35.0 Å². The molecule has 11 nitrogen and oxygen atoms in total. The molecular formula is C33H33F2N3O8S. The lowest BCUT2D eigenvalue weighted by Crippen LogP contribution is -2.66. The third-order valence-corrected chi connectivity index (χ3v) is 9.06. The number of esters is 1. The lowest BCUT2D eigenvalue weighted by atomic mass is 9.93. The molecule has 1 aromatic heterocycles. The second-order valence-electron chi connectivity index (χ2n) is 12.8. The van der Waals surface area contributed by atoms with Gasteiger partial charge in [0.1, 0.15) is 11.8 Å². The number of fused-ring (bicyclic) bond motifs is 4. The average molecular weight is 670 g/mol. The van der Waals surface area contributed by atoms with Gasteiger partial charge in [-0.05, 0) is 57.9 Å². The Hall–Kier alpha value is -4.43. The van der Waals surface area contributed by atoms with Crippen LogP contribution in [0, 0.1) is 11.6 Å². The van der Waals surface area contributed by atoms with Crippen molar-refractivity contribution in [3.63, 3.8) is 0 Å². The molecule has 248 valence electrons. The van der Waals surface area contributed by atoms with Gasteiger partial charge in [-0.2, -0.15) is 0 Å². The molecule has 0 saturated carbocycles. The van der Waals surface area contributed by atoms with Crippen molar-refractivity contribution in [1.29, 1.82) is 0 Å². The first kappa shape index (κ1) is 32.5. The van der Waals surface area contributed by atoms with E-state index in [2.05, 4.69) is 0 Å². The monoisotopic (exact) mass is 669 g/mol. The van der Waals surface area contributed by atoms with Crippen molar-refractivity contribution < 1.29 is 42.1 Å². The maximum absolute atomic E-state index is 15.4. The third-order valence-electron chi connectivity index (χ3n) is 7.95. The maximum Gasteiger partial charge on any atom is 0.515 e. The van der Waals surface area contributed by atoms with E-state index in [1.54, 1.807) is 25.8 Å². The predicted molar refractivity (Wildman–Crippen MR) is 166 cm³/mol. The van der Waals surface area contributed by atoms with Crippen molar-refractivity contribution in [3.8, 4) is 5.75 Å². The number of ether oxygens (including phenoxy) is 4. The van der Waals surface area contributed by atoms with Crippen LogP contribution in [0.15, 0.2) is 58.4 Å². The third kappa shape index (κ3) is 5.95. The van der Waals surface area contributed by atoms with Crippen molar-refractivity contribution in [2.24, 2.45) is 0 Å². The highest BCUT2D eigenvalue weighted by atomic mass is 32.2. The van der Waals surface area contributed by atoms with Gasteiger partial charge in [0.15, 0.2) is 17.3 Å². The Morgan fingerprint density at radius 2 is 1.72 bits per heavy atom. The summed E-state index contributed by atoms with van der Waals surface area (Å²) in [5.74, 6) is -3.91. The summed E-state index contributed by atoms with van der Waals surface area (Å²) < 4.78 is 53.2. The zero-order chi connectivity index (χ0) is 33.8. The minimum atomic E-state index is -1.80. The summed E-state index contributed by atoms with van der Waals surface area (Å²) in [6.45, 7) is 7.97. The zero-order valence-corrected chi connectivity index (χ0v) is 27.2. The number of benzene rings is 2. The second kappa shape index (κ2) is 12.0. The van der Waals surface area contributed by atoms with E-state index in [4.69, 9.17) is 18.9 Å². The van der Waals surface area contributed by atoms with E-state index in [-0.39, 0.29) is 36.8 Å². The van der Waals surface area contributed by atoms with Crippen molar-refractivity contribution in [2.75, 3.05) is 24.8 Å². The van der Waals surface area contributed by atoms with Gasteiger partial charge >= 0.3 is 12.1 Å². The fourth-order valence-electron chi connectivity index (χ4n) is 5.82. The molecule has 1 saturated heterocycles. The first-order valence-electron chi connectivity index (χ1n) is 14.9. The summed E-state index contributed by atoms with van der Waals surface area (Å²) in [7, 11) is 0. The first-order chi connectivity index (χ1) is 22.2. The van der Waals surface area contributed by atoms with Crippen LogP contribution in [-0.4, -0.2) is 64.7 Å². The Labute approximate surface area is 273 Å². The molecule has 0 spiro atoms. The molecule has 4 heterocycles. The molecule has 0 radical (unpaired) electrons. The molecule has 1 amide bonds. The zero-order valence-electron chi connectivity index (χ0n) is 26.4. The molecule has 3 aromatic rings. The Bertz CT molecular complexity index is 1840. The molecule has 2 aromatic carbocycles. The number of halogens is 2.